The van der Waals surface area contributed by atoms with Gasteiger partial charge in [-0.15, -0.1) is 0 Å². The van der Waals surface area contributed by atoms with Crippen molar-refractivity contribution < 1.29 is 0 Å². The summed E-state index contributed by atoms with van der Waals surface area (Å²) in [6.45, 7) is 0. The van der Waals surface area contributed by atoms with Gasteiger partial charge in [-0.3, -0.25) is 4.98 Å². The molecule has 0 atom stereocenters. The van der Waals surface area contributed by atoms with Crippen molar-refractivity contribution in [3.63, 3.8) is 0 Å². The van der Waals surface area contributed by atoms with Gasteiger partial charge in [-0.2, -0.15) is 0 Å². The number of H-pyrrole nitrogens is 2. The maximum Gasteiger partial charge on any atom is 0.159 e. The van der Waals surface area contributed by atoms with E-state index in [9.17, 15) is 0 Å². The van der Waals surface area contributed by atoms with Crippen LogP contribution in [-0.2, 0) is 0 Å². The van der Waals surface area contributed by atoms with Gasteiger partial charge in [0.2, 0.25) is 0 Å². The van der Waals surface area contributed by atoms with Crippen LogP contribution in [0.25, 0.3) is 77.6 Å². The zero-order valence-corrected chi connectivity index (χ0v) is 19.2. The molecule has 5 heteroatoms. The summed E-state index contributed by atoms with van der Waals surface area (Å²) in [7, 11) is 0. The van der Waals surface area contributed by atoms with Crippen molar-refractivity contribution in [3.8, 4) is 56.0 Å². The molecule has 4 aliphatic heterocycles. The lowest BCUT2D eigenvalue weighted by molar-refractivity contribution is 1.23. The van der Waals surface area contributed by atoms with Gasteiger partial charge in [-0.1, -0.05) is 24.3 Å². The first kappa shape index (κ1) is 19.3. The van der Waals surface area contributed by atoms with Gasteiger partial charge in [0.25, 0.3) is 0 Å². The Morgan fingerprint density at radius 1 is 0.472 bits per heavy atom. The number of nitrogens with one attached hydrogen (secondary N) is 2. The number of benzene rings is 2. The summed E-state index contributed by atoms with van der Waals surface area (Å²) in [5.41, 5.74) is 9.92. The first-order valence-corrected chi connectivity index (χ1v) is 11.9. The van der Waals surface area contributed by atoms with Crippen LogP contribution in [-0.4, -0.2) is 24.9 Å². The molecular weight excluding hydrogens is 442 g/mol. The van der Waals surface area contributed by atoms with Crippen LogP contribution in [0.5, 0.6) is 0 Å². The van der Waals surface area contributed by atoms with E-state index in [4.69, 9.17) is 9.97 Å². The minimum Gasteiger partial charge on any atom is -0.367 e. The lowest BCUT2D eigenvalue weighted by Crippen LogP contribution is -1.83. The van der Waals surface area contributed by atoms with Crippen molar-refractivity contribution in [2.75, 3.05) is 0 Å². The van der Waals surface area contributed by atoms with E-state index in [1.165, 1.54) is 43.8 Å². The standard InChI is InChI=1S/C31H19N5/c1-3-24-22(10-19-5-7-32-13-26(19)24)9-18(1)28-15-34-30-17-36-31(35-16-29(28)30)21-2-4-25-23(12-21)11-20-6-8-33-14-27(20)25/h1-17,32-33H. The summed E-state index contributed by atoms with van der Waals surface area (Å²) in [6.07, 6.45) is 13.7. The molecule has 2 aromatic rings. The zero-order chi connectivity index (χ0) is 23.6. The van der Waals surface area contributed by atoms with Gasteiger partial charge in [-0.05, 0) is 74.6 Å². The van der Waals surface area contributed by atoms with Crippen LogP contribution in [0.15, 0.2) is 104 Å². The van der Waals surface area contributed by atoms with Crippen LogP contribution in [0.2, 0.25) is 0 Å². The van der Waals surface area contributed by atoms with Crippen molar-refractivity contribution in [2.45, 2.75) is 0 Å². The average molecular weight is 462 g/mol. The Labute approximate surface area is 206 Å². The predicted octanol–water partition coefficient (Wildman–Crippen LogP) is 7.48. The number of rotatable bonds is 2. The van der Waals surface area contributed by atoms with Crippen LogP contribution in [0.1, 0.15) is 0 Å². The average Bonchev–Trinajstić information content (AvgIpc) is 3.56. The molecule has 0 saturated heterocycles. The lowest BCUT2D eigenvalue weighted by atomic mass is 10.0. The van der Waals surface area contributed by atoms with E-state index < -0.39 is 0 Å². The lowest BCUT2D eigenvalue weighted by Gasteiger charge is -2.02. The minimum atomic E-state index is 0.687. The molecule has 0 aromatic heterocycles. The van der Waals surface area contributed by atoms with E-state index >= 15 is 0 Å². The molecule has 2 aliphatic carbocycles. The van der Waals surface area contributed by atoms with Crippen molar-refractivity contribution in [2.24, 2.45) is 0 Å². The molecular formula is C31H19N5. The molecule has 0 radical (unpaired) electrons. The van der Waals surface area contributed by atoms with E-state index in [1.807, 2.05) is 37.2 Å². The molecule has 0 fully saturated rings. The largest absolute Gasteiger partial charge is 0.367 e. The van der Waals surface area contributed by atoms with Crippen LogP contribution < -0.4 is 0 Å². The van der Waals surface area contributed by atoms with Gasteiger partial charge in [-0.25, -0.2) is 9.97 Å². The molecule has 5 nitrogen and oxygen atoms in total. The van der Waals surface area contributed by atoms with Crippen LogP contribution in [0.4, 0.5) is 0 Å². The molecule has 168 valence electrons. The highest BCUT2D eigenvalue weighted by Crippen LogP contribution is 2.39. The summed E-state index contributed by atoms with van der Waals surface area (Å²) in [5, 5.41) is 4.87. The van der Waals surface area contributed by atoms with Gasteiger partial charge in [0, 0.05) is 65.0 Å². The van der Waals surface area contributed by atoms with Gasteiger partial charge in [0.1, 0.15) is 0 Å². The number of fused-ring (bicyclic) bond motifs is 7. The normalized spacial score (nSPS) is 11.9. The fraction of sp³-hybridized carbons (Fsp3) is 0. The number of aromatic nitrogens is 5. The second-order valence-corrected chi connectivity index (χ2v) is 9.23. The highest BCUT2D eigenvalue weighted by atomic mass is 14.9. The number of hydrogen-bond donors (Lipinski definition) is 2. The Morgan fingerprint density at radius 2 is 1.03 bits per heavy atom. The third kappa shape index (κ3) is 2.80. The number of nitrogens with zero attached hydrogens (tertiary/aromatic N) is 3. The van der Waals surface area contributed by atoms with Gasteiger partial charge in [0.15, 0.2) is 5.82 Å². The highest BCUT2D eigenvalue weighted by molar-refractivity contribution is 6.05. The van der Waals surface area contributed by atoms with Gasteiger partial charge < -0.3 is 9.97 Å². The fourth-order valence-corrected chi connectivity index (χ4v) is 5.41. The minimum absolute atomic E-state index is 0.687. The summed E-state index contributed by atoms with van der Waals surface area (Å²) in [5.74, 6) is 0.687. The molecule has 0 bridgehead atoms. The maximum absolute atomic E-state index is 4.79. The van der Waals surface area contributed by atoms with Crippen molar-refractivity contribution in [1.29, 1.82) is 0 Å². The van der Waals surface area contributed by atoms with E-state index in [0.717, 1.165) is 27.9 Å². The Morgan fingerprint density at radius 3 is 1.72 bits per heavy atom. The van der Waals surface area contributed by atoms with Crippen molar-refractivity contribution >= 4 is 21.5 Å². The number of hydrogen-bond acceptors (Lipinski definition) is 3. The molecule has 2 aromatic carbocycles. The van der Waals surface area contributed by atoms with E-state index in [2.05, 4.69) is 81.8 Å². The topological polar surface area (TPSA) is 70.2 Å². The number of aromatic amines is 2. The number of pyridine rings is 2. The van der Waals surface area contributed by atoms with Gasteiger partial charge in [0.05, 0.1) is 11.9 Å². The Balaban J connectivity index is 1.23. The maximum atomic E-state index is 4.79. The molecule has 0 saturated carbocycles. The molecule has 8 rings (SSSR count). The smallest absolute Gasteiger partial charge is 0.159 e. The third-order valence-corrected chi connectivity index (χ3v) is 7.19. The Bertz CT molecular complexity index is 1960. The highest BCUT2D eigenvalue weighted by Gasteiger charge is 2.16. The molecule has 0 unspecified atom stereocenters. The summed E-state index contributed by atoms with van der Waals surface area (Å²) in [4.78, 5) is 20.5. The molecule has 36 heavy (non-hydrogen) atoms. The predicted molar refractivity (Wildman–Crippen MR) is 144 cm³/mol. The van der Waals surface area contributed by atoms with Crippen LogP contribution >= 0.6 is 0 Å². The first-order valence-electron chi connectivity index (χ1n) is 11.9. The Hall–Kier alpha value is -5.03. The van der Waals surface area contributed by atoms with E-state index in [0.29, 0.717) is 5.82 Å². The van der Waals surface area contributed by atoms with E-state index in [-0.39, 0.29) is 0 Å². The third-order valence-electron chi connectivity index (χ3n) is 7.19. The molecule has 0 amide bonds. The monoisotopic (exact) mass is 461 g/mol. The molecule has 0 spiro atoms. The summed E-state index contributed by atoms with van der Waals surface area (Å²) in [6, 6.07) is 21.7. The summed E-state index contributed by atoms with van der Waals surface area (Å²) < 4.78 is 0. The van der Waals surface area contributed by atoms with Crippen LogP contribution in [0.3, 0.4) is 0 Å². The molecule has 6 aliphatic rings. The first-order chi connectivity index (χ1) is 17.8. The van der Waals surface area contributed by atoms with Crippen LogP contribution in [0, 0.1) is 0 Å². The zero-order valence-electron chi connectivity index (χ0n) is 19.2. The second-order valence-electron chi connectivity index (χ2n) is 9.23. The molecule has 4 heterocycles. The quantitative estimate of drug-likeness (QED) is 0.280. The molecule has 2 N–H and O–H groups in total. The van der Waals surface area contributed by atoms with E-state index in [1.54, 1.807) is 0 Å². The summed E-state index contributed by atoms with van der Waals surface area (Å²) >= 11 is 0. The van der Waals surface area contributed by atoms with Crippen molar-refractivity contribution in [1.82, 2.24) is 24.9 Å². The second kappa shape index (κ2) is 7.23. The van der Waals surface area contributed by atoms with Gasteiger partial charge >= 0.3 is 0 Å². The SMILES string of the molecule is c1cc2cc3cc(-c4ncc5ncc(-c6ccc7c8c[nH]ccc-8cc7c6)c-5cn4)ccc3c-2c[nH]1. The fourth-order valence-electron chi connectivity index (χ4n) is 5.41. The van der Waals surface area contributed by atoms with Crippen molar-refractivity contribution in [3.05, 3.63) is 104 Å². The Kier molecular flexibility index (Phi) is 3.88.